The number of ether oxygens (including phenoxy) is 1. The number of rotatable bonds is 5. The van der Waals surface area contributed by atoms with Crippen molar-refractivity contribution in [1.82, 2.24) is 9.97 Å². The molecule has 0 bridgehead atoms. The average Bonchev–Trinajstić information content (AvgIpc) is 2.99. The molecule has 3 aromatic rings. The highest BCUT2D eigenvalue weighted by molar-refractivity contribution is 7.17. The molecule has 0 amide bonds. The quantitative estimate of drug-likeness (QED) is 0.703. The SMILES string of the molecule is CCOC(=O)c1csc2ncnc(NCc3ccc(Cl)cc3)c12. The van der Waals surface area contributed by atoms with Gasteiger partial charge in [-0.1, -0.05) is 23.7 Å². The van der Waals surface area contributed by atoms with E-state index in [9.17, 15) is 4.79 Å². The van der Waals surface area contributed by atoms with Crippen molar-refractivity contribution >= 4 is 44.9 Å². The second kappa shape index (κ2) is 6.93. The topological polar surface area (TPSA) is 64.1 Å². The summed E-state index contributed by atoms with van der Waals surface area (Å²) in [6.07, 6.45) is 1.48. The van der Waals surface area contributed by atoms with Gasteiger partial charge in [0.05, 0.1) is 17.6 Å². The maximum Gasteiger partial charge on any atom is 0.339 e. The molecule has 0 fully saturated rings. The first-order valence-corrected chi connectivity index (χ1v) is 8.32. The van der Waals surface area contributed by atoms with E-state index >= 15 is 0 Å². The number of benzene rings is 1. The zero-order valence-electron chi connectivity index (χ0n) is 12.4. The van der Waals surface area contributed by atoms with Crippen LogP contribution in [0, 0.1) is 0 Å². The number of esters is 1. The average molecular weight is 348 g/mol. The molecular formula is C16H14ClN3O2S. The van der Waals surface area contributed by atoms with Crippen molar-refractivity contribution in [1.29, 1.82) is 0 Å². The van der Waals surface area contributed by atoms with Gasteiger partial charge in [-0.3, -0.25) is 0 Å². The number of thiophene rings is 1. The van der Waals surface area contributed by atoms with Crippen molar-refractivity contribution in [2.75, 3.05) is 11.9 Å². The van der Waals surface area contributed by atoms with E-state index in [0.29, 0.717) is 34.9 Å². The van der Waals surface area contributed by atoms with Crippen molar-refractivity contribution < 1.29 is 9.53 Å². The molecule has 0 radical (unpaired) electrons. The smallest absolute Gasteiger partial charge is 0.339 e. The van der Waals surface area contributed by atoms with Gasteiger partial charge in [-0.15, -0.1) is 11.3 Å². The zero-order chi connectivity index (χ0) is 16.2. The molecule has 7 heteroatoms. The van der Waals surface area contributed by atoms with Gasteiger partial charge in [0.15, 0.2) is 0 Å². The summed E-state index contributed by atoms with van der Waals surface area (Å²) < 4.78 is 5.10. The van der Waals surface area contributed by atoms with E-state index in [1.165, 1.54) is 17.7 Å². The standard InChI is InChI=1S/C16H14ClN3O2S/c1-2-22-16(21)12-8-23-15-13(12)14(19-9-20-15)18-7-10-3-5-11(17)6-4-10/h3-6,8-9H,2,7H2,1H3,(H,18,19,20). The molecule has 3 rings (SSSR count). The number of hydrogen-bond acceptors (Lipinski definition) is 6. The van der Waals surface area contributed by atoms with Crippen LogP contribution in [0.2, 0.25) is 5.02 Å². The van der Waals surface area contributed by atoms with Crippen LogP contribution in [0.4, 0.5) is 5.82 Å². The van der Waals surface area contributed by atoms with Crippen LogP contribution in [-0.2, 0) is 11.3 Å². The van der Waals surface area contributed by atoms with Crippen LogP contribution in [0.1, 0.15) is 22.8 Å². The number of nitrogens with one attached hydrogen (secondary N) is 1. The van der Waals surface area contributed by atoms with Gasteiger partial charge in [0, 0.05) is 16.9 Å². The number of hydrogen-bond donors (Lipinski definition) is 1. The molecule has 0 unspecified atom stereocenters. The van der Waals surface area contributed by atoms with Gasteiger partial charge in [0.1, 0.15) is 17.0 Å². The van der Waals surface area contributed by atoms with Gasteiger partial charge in [-0.25, -0.2) is 14.8 Å². The molecule has 1 aromatic carbocycles. The molecule has 0 aliphatic carbocycles. The molecule has 0 spiro atoms. The van der Waals surface area contributed by atoms with E-state index < -0.39 is 0 Å². The first kappa shape index (κ1) is 15.7. The first-order valence-electron chi connectivity index (χ1n) is 7.06. The third-order valence-corrected chi connectivity index (χ3v) is 4.38. The Kier molecular flexibility index (Phi) is 4.73. The fourth-order valence-electron chi connectivity index (χ4n) is 2.16. The largest absolute Gasteiger partial charge is 0.462 e. The van der Waals surface area contributed by atoms with Crippen molar-refractivity contribution in [2.24, 2.45) is 0 Å². The highest BCUT2D eigenvalue weighted by Gasteiger charge is 2.18. The van der Waals surface area contributed by atoms with E-state index in [4.69, 9.17) is 16.3 Å². The van der Waals surface area contributed by atoms with E-state index in [2.05, 4.69) is 15.3 Å². The highest BCUT2D eigenvalue weighted by Crippen LogP contribution is 2.30. The molecule has 0 aliphatic rings. The predicted octanol–water partition coefficient (Wildman–Crippen LogP) is 4.13. The van der Waals surface area contributed by atoms with Gasteiger partial charge in [0.25, 0.3) is 0 Å². The molecule has 0 aliphatic heterocycles. The molecular weight excluding hydrogens is 334 g/mol. The van der Waals surface area contributed by atoms with E-state index in [1.807, 2.05) is 24.3 Å². The molecule has 2 aromatic heterocycles. The second-order valence-electron chi connectivity index (χ2n) is 4.75. The second-order valence-corrected chi connectivity index (χ2v) is 6.05. The molecule has 5 nitrogen and oxygen atoms in total. The maximum atomic E-state index is 12.1. The van der Waals surface area contributed by atoms with Crippen molar-refractivity contribution in [2.45, 2.75) is 13.5 Å². The van der Waals surface area contributed by atoms with Gasteiger partial charge < -0.3 is 10.1 Å². The van der Waals surface area contributed by atoms with Crippen molar-refractivity contribution in [3.05, 3.63) is 52.1 Å². The van der Waals surface area contributed by atoms with E-state index in [-0.39, 0.29) is 5.97 Å². The molecule has 118 valence electrons. The number of nitrogens with zero attached hydrogens (tertiary/aromatic N) is 2. The van der Waals surface area contributed by atoms with E-state index in [0.717, 1.165) is 10.4 Å². The summed E-state index contributed by atoms with van der Waals surface area (Å²) in [6, 6.07) is 7.55. The predicted molar refractivity (Wildman–Crippen MR) is 92.2 cm³/mol. The van der Waals surface area contributed by atoms with Crippen LogP contribution in [0.15, 0.2) is 36.0 Å². The van der Waals surface area contributed by atoms with Crippen LogP contribution in [0.3, 0.4) is 0 Å². The minimum Gasteiger partial charge on any atom is -0.462 e. The summed E-state index contributed by atoms with van der Waals surface area (Å²) in [5, 5.41) is 6.40. The number of fused-ring (bicyclic) bond motifs is 1. The van der Waals surface area contributed by atoms with Gasteiger partial charge in [-0.2, -0.15) is 0 Å². The number of aromatic nitrogens is 2. The monoisotopic (exact) mass is 347 g/mol. The summed E-state index contributed by atoms with van der Waals surface area (Å²) in [6.45, 7) is 2.68. The number of anilines is 1. The number of halogens is 1. The number of carbonyl (C=O) groups excluding carboxylic acids is 1. The molecule has 0 saturated carbocycles. The molecule has 2 heterocycles. The van der Waals surface area contributed by atoms with Crippen LogP contribution >= 0.6 is 22.9 Å². The van der Waals surface area contributed by atoms with Crippen LogP contribution < -0.4 is 5.32 Å². The Morgan fingerprint density at radius 3 is 2.83 bits per heavy atom. The lowest BCUT2D eigenvalue weighted by atomic mass is 10.2. The lowest BCUT2D eigenvalue weighted by Gasteiger charge is -2.08. The number of carbonyl (C=O) groups is 1. The summed E-state index contributed by atoms with van der Waals surface area (Å²) in [5.41, 5.74) is 1.56. The Labute approximate surface area is 142 Å². The van der Waals surface area contributed by atoms with Gasteiger partial charge in [0.2, 0.25) is 0 Å². The molecule has 1 N–H and O–H groups in total. The molecule has 0 saturated heterocycles. The normalized spacial score (nSPS) is 10.7. The summed E-state index contributed by atoms with van der Waals surface area (Å²) in [5.74, 6) is 0.261. The van der Waals surface area contributed by atoms with Crippen LogP contribution in [0.25, 0.3) is 10.2 Å². The lowest BCUT2D eigenvalue weighted by Crippen LogP contribution is -2.07. The van der Waals surface area contributed by atoms with Crippen LogP contribution in [0.5, 0.6) is 0 Å². The summed E-state index contributed by atoms with van der Waals surface area (Å²) in [7, 11) is 0. The maximum absolute atomic E-state index is 12.1. The zero-order valence-corrected chi connectivity index (χ0v) is 13.9. The summed E-state index contributed by atoms with van der Waals surface area (Å²) >= 11 is 7.28. The summed E-state index contributed by atoms with van der Waals surface area (Å²) in [4.78, 5) is 21.3. The minimum absolute atomic E-state index is 0.331. The lowest BCUT2D eigenvalue weighted by molar-refractivity contribution is 0.0529. The third-order valence-electron chi connectivity index (χ3n) is 3.24. The van der Waals surface area contributed by atoms with Crippen molar-refractivity contribution in [3.8, 4) is 0 Å². The van der Waals surface area contributed by atoms with E-state index in [1.54, 1.807) is 12.3 Å². The van der Waals surface area contributed by atoms with Gasteiger partial charge in [-0.05, 0) is 24.6 Å². The third kappa shape index (κ3) is 3.43. The molecule has 23 heavy (non-hydrogen) atoms. The Morgan fingerprint density at radius 2 is 2.09 bits per heavy atom. The Hall–Kier alpha value is -2.18. The Balaban J connectivity index is 1.89. The fraction of sp³-hybridized carbons (Fsp3) is 0.188. The van der Waals surface area contributed by atoms with Gasteiger partial charge >= 0.3 is 5.97 Å². The van der Waals surface area contributed by atoms with Crippen LogP contribution in [-0.4, -0.2) is 22.5 Å². The highest BCUT2D eigenvalue weighted by atomic mass is 35.5. The fourth-order valence-corrected chi connectivity index (χ4v) is 3.16. The van der Waals surface area contributed by atoms with Crippen molar-refractivity contribution in [3.63, 3.8) is 0 Å². The first-order chi connectivity index (χ1) is 11.2. The Bertz CT molecular complexity index is 833. The molecule has 0 atom stereocenters. The minimum atomic E-state index is -0.358. The Morgan fingerprint density at radius 1 is 1.30 bits per heavy atom.